The number of halogens is 1. The number of benzene rings is 4. The van der Waals surface area contributed by atoms with Crippen molar-refractivity contribution >= 4 is 120 Å². The van der Waals surface area contributed by atoms with Crippen LogP contribution in [0.4, 0.5) is 0 Å². The van der Waals surface area contributed by atoms with Crippen molar-refractivity contribution in [2.75, 3.05) is 33.0 Å². The third kappa shape index (κ3) is 17.6. The molecule has 9 heterocycles. The normalized spacial score (nSPS) is 18.3. The number of hydrogen-bond acceptors (Lipinski definition) is 18. The number of amides is 8. The quantitative estimate of drug-likeness (QED) is 0.0467. The highest BCUT2D eigenvalue weighted by Crippen LogP contribution is 2.29. The van der Waals surface area contributed by atoms with Gasteiger partial charge in [0.1, 0.15) is 30.5 Å². The molecule has 0 bridgehead atoms. The number of carbonyl (C=O) groups is 9. The predicted molar refractivity (Wildman–Crippen MR) is 370 cm³/mol. The standard InChI is InChI=1S/C16H19N3O4.2C16H17N3O4.C13H12BrN3O3.C4H8O.C3H6O.H3N/c3*1-18-13-9-10(3-2-8-20)4-5-11(13)19(16(18)23)12-6-7-14(21)17-15(12)22;1-16-10-6-7(14)2-3-8(10)17(13(16)20)9-4-5-11(18)15-12(9)19;1-2-4-5-3-1;1-2-3-4;/h4-5,9,12,20H,2-3,6-8H2,1H3,(H,17,21,22);4-5,8-9,12H,2-3,6-7H2,1H3,(H,17,21,22);2-5,9,12,20H,6-8H2,1H3,(H,17,21,22);2-3,6,9H,4-5H2,1H3,(H,15,18,19);1-4H2;2,4H,1,3H2;1H3/b;;3-2+;;;;. The van der Waals surface area contributed by atoms with Crippen LogP contribution in [0.5, 0.6) is 0 Å². The fourth-order valence-corrected chi connectivity index (χ4v) is 12.4. The van der Waals surface area contributed by atoms with Gasteiger partial charge in [-0.3, -0.25) is 96.2 Å². The van der Waals surface area contributed by atoms with E-state index < -0.39 is 47.8 Å². The van der Waals surface area contributed by atoms with E-state index in [1.807, 2.05) is 54.6 Å². The van der Waals surface area contributed by atoms with Crippen molar-refractivity contribution in [2.45, 2.75) is 114 Å². The van der Waals surface area contributed by atoms with Crippen molar-refractivity contribution < 1.29 is 63.2 Å². The number of hydrogen-bond donors (Lipinski definition) is 8. The minimum atomic E-state index is -0.678. The number of aldehydes is 1. The van der Waals surface area contributed by atoms with Crippen LogP contribution in [0.3, 0.4) is 0 Å². The molecule has 528 valence electrons. The highest BCUT2D eigenvalue weighted by molar-refractivity contribution is 9.10. The summed E-state index contributed by atoms with van der Waals surface area (Å²) in [6, 6.07) is 19.4. The Morgan fingerprint density at radius 1 is 0.485 bits per heavy atom. The molecule has 4 aromatic carbocycles. The van der Waals surface area contributed by atoms with Gasteiger partial charge in [-0.2, -0.15) is 0 Å². The van der Waals surface area contributed by atoms with Crippen LogP contribution in [0.2, 0.25) is 0 Å². The fourth-order valence-electron chi connectivity index (χ4n) is 12.1. The lowest BCUT2D eigenvalue weighted by atomic mass is 10.1. The summed E-state index contributed by atoms with van der Waals surface area (Å²) in [5, 5.41) is 34.7. The van der Waals surface area contributed by atoms with E-state index in [4.69, 9.17) is 20.1 Å². The number of imide groups is 4. The number of piperidine rings is 4. The number of carbonyl (C=O) groups excluding carboxylic acids is 9. The molecule has 5 aliphatic rings. The van der Waals surface area contributed by atoms with E-state index in [9.17, 15) is 62.3 Å². The van der Waals surface area contributed by atoms with Crippen LogP contribution in [0.15, 0.2) is 115 Å². The predicted octanol–water partition coefficient (Wildman–Crippen LogP) is 3.22. The first-order valence-corrected chi connectivity index (χ1v) is 32.7. The van der Waals surface area contributed by atoms with Gasteiger partial charge in [0.25, 0.3) is 0 Å². The smallest absolute Gasteiger partial charge is 0.329 e. The molecule has 0 radical (unpaired) electrons. The van der Waals surface area contributed by atoms with E-state index in [1.54, 1.807) is 58.5 Å². The van der Waals surface area contributed by atoms with Crippen LogP contribution in [0, 0.1) is 0 Å². The van der Waals surface area contributed by atoms with Gasteiger partial charge in [-0.05, 0) is 129 Å². The second-order valence-corrected chi connectivity index (χ2v) is 24.6. The molecule has 0 saturated carbocycles. The molecule has 31 heteroatoms. The van der Waals surface area contributed by atoms with E-state index in [-0.39, 0.29) is 98.0 Å². The number of nitrogens with one attached hydrogen (secondary N) is 4. The summed E-state index contributed by atoms with van der Waals surface area (Å²) in [7, 11) is 6.63. The Balaban J connectivity index is 0.000000177. The Morgan fingerprint density at radius 3 is 1.15 bits per heavy atom. The van der Waals surface area contributed by atoms with E-state index in [2.05, 4.69) is 43.8 Å². The van der Waals surface area contributed by atoms with Gasteiger partial charge in [0.2, 0.25) is 47.3 Å². The van der Waals surface area contributed by atoms with Gasteiger partial charge < -0.3 is 31.0 Å². The summed E-state index contributed by atoms with van der Waals surface area (Å²) >= 11 is 3.37. The zero-order chi connectivity index (χ0) is 71.1. The Kier molecular flexibility index (Phi) is 26.9. The van der Waals surface area contributed by atoms with Gasteiger partial charge in [0.15, 0.2) is 0 Å². The molecular formula is C68H82BrN13O17. The van der Waals surface area contributed by atoms with Crippen molar-refractivity contribution in [3.63, 3.8) is 0 Å². The zero-order valence-corrected chi connectivity index (χ0v) is 57.0. The molecule has 4 unspecified atom stereocenters. The third-order valence-corrected chi connectivity index (χ3v) is 17.6. The summed E-state index contributed by atoms with van der Waals surface area (Å²) in [5.41, 5.74) is 7.30. The largest absolute Gasteiger partial charge is 0.396 e. The maximum Gasteiger partial charge on any atom is 0.329 e. The van der Waals surface area contributed by atoms with Crippen LogP contribution in [0.1, 0.15) is 118 Å². The van der Waals surface area contributed by atoms with E-state index in [1.165, 1.54) is 55.5 Å². The van der Waals surface area contributed by atoms with Gasteiger partial charge in [-0.15, -0.1) is 6.58 Å². The summed E-state index contributed by atoms with van der Waals surface area (Å²) in [6.45, 7) is 5.37. The Bertz CT molecular complexity index is 4660. The average Bonchev–Trinajstić information content (AvgIpc) is 1.65. The number of aromatic nitrogens is 8. The van der Waals surface area contributed by atoms with Crippen molar-refractivity contribution in [3.8, 4) is 0 Å². The van der Waals surface area contributed by atoms with Gasteiger partial charge in [-0.25, -0.2) is 19.2 Å². The number of fused-ring (bicyclic) bond motifs is 4. The number of aliphatic hydroxyl groups is 3. The molecule has 5 saturated heterocycles. The summed E-state index contributed by atoms with van der Waals surface area (Å²) < 4.78 is 17.6. The summed E-state index contributed by atoms with van der Waals surface area (Å²) in [5.74, 6) is -2.94. The maximum absolute atomic E-state index is 12.6. The first-order chi connectivity index (χ1) is 47.0. The Labute approximate surface area is 574 Å². The molecule has 10 N–H and O–H groups in total. The van der Waals surface area contributed by atoms with Crippen LogP contribution in [0.25, 0.3) is 50.2 Å². The molecule has 4 atom stereocenters. The third-order valence-electron chi connectivity index (χ3n) is 17.1. The monoisotopic (exact) mass is 1430 g/mol. The summed E-state index contributed by atoms with van der Waals surface area (Å²) in [6.07, 6.45) is 12.8. The van der Waals surface area contributed by atoms with Gasteiger partial charge >= 0.3 is 22.8 Å². The Hall–Kier alpha value is -10.1. The number of aliphatic hydroxyl groups excluding tert-OH is 3. The second-order valence-electron chi connectivity index (χ2n) is 23.6. The van der Waals surface area contributed by atoms with Crippen molar-refractivity contribution in [2.24, 2.45) is 28.2 Å². The molecule has 0 spiro atoms. The zero-order valence-electron chi connectivity index (χ0n) is 55.4. The molecule has 4 aromatic heterocycles. The van der Waals surface area contributed by atoms with Crippen molar-refractivity contribution in [1.82, 2.24) is 64.0 Å². The highest BCUT2D eigenvalue weighted by Gasteiger charge is 2.35. The maximum atomic E-state index is 12.6. The van der Waals surface area contributed by atoms with Crippen LogP contribution >= 0.6 is 15.9 Å². The molecule has 99 heavy (non-hydrogen) atoms. The number of rotatable bonds is 13. The minimum absolute atomic E-state index is 0. The summed E-state index contributed by atoms with van der Waals surface area (Å²) in [4.78, 5) is 154. The second kappa shape index (κ2) is 34.9. The van der Waals surface area contributed by atoms with Crippen molar-refractivity contribution in [3.05, 3.63) is 155 Å². The minimum Gasteiger partial charge on any atom is -0.396 e. The van der Waals surface area contributed by atoms with E-state index in [0.717, 1.165) is 58.1 Å². The molecule has 0 aliphatic carbocycles. The lowest BCUT2D eigenvalue weighted by molar-refractivity contribution is -0.137. The van der Waals surface area contributed by atoms with Crippen LogP contribution in [-0.2, 0) is 88.9 Å². The van der Waals surface area contributed by atoms with Crippen molar-refractivity contribution in [1.29, 1.82) is 0 Å². The van der Waals surface area contributed by atoms with Crippen LogP contribution < -0.4 is 50.2 Å². The lowest BCUT2D eigenvalue weighted by Crippen LogP contribution is -2.44. The molecule has 30 nitrogen and oxygen atoms in total. The molecule has 5 aliphatic heterocycles. The van der Waals surface area contributed by atoms with E-state index >= 15 is 0 Å². The topological polar surface area (TPSA) is 414 Å². The Morgan fingerprint density at radius 2 is 0.828 bits per heavy atom. The lowest BCUT2D eigenvalue weighted by Gasteiger charge is -2.21. The van der Waals surface area contributed by atoms with E-state index in [0.29, 0.717) is 78.0 Å². The number of imidazole rings is 4. The van der Waals surface area contributed by atoms with Gasteiger partial charge in [-0.1, -0.05) is 52.4 Å². The molecule has 8 amide bonds. The average molecular weight is 1430 g/mol. The van der Waals surface area contributed by atoms with Crippen LogP contribution in [-0.4, -0.2) is 138 Å². The number of ether oxygens (including phenoxy) is 1. The SMILES string of the molecule is C1CCOC1.C=CCO.Cn1c(=O)n(C2CCC(=O)NC2=O)c2ccc(/C=C/CO)cc21.Cn1c(=O)n(C2CCC(=O)NC2=O)c2ccc(Br)cc21.Cn1c(=O)n(C2CCC(=O)NC2=O)c2ccc(CCC=O)cc21.Cn1c(=O)n(C2CCC(=O)NC2=O)c2ccc(CCCO)cc21.N. The molecular weight excluding hydrogens is 1350 g/mol. The highest BCUT2D eigenvalue weighted by atomic mass is 79.9. The molecule has 5 fully saturated rings. The number of nitrogens with zero attached hydrogens (tertiary/aromatic N) is 8. The first-order valence-electron chi connectivity index (χ1n) is 31.9. The number of aryl methyl sites for hydroxylation is 6. The fraction of sp³-hybridized carbons (Fsp3) is 0.397. The first kappa shape index (κ1) is 76.3. The van der Waals surface area contributed by atoms with Gasteiger partial charge in [0.05, 0.1) is 57.3 Å². The molecule has 13 rings (SSSR count). The van der Waals surface area contributed by atoms with Gasteiger partial charge in [0, 0.05) is 84.6 Å². The molecule has 8 aromatic rings.